The van der Waals surface area contributed by atoms with Crippen LogP contribution in [0.1, 0.15) is 20.8 Å². The van der Waals surface area contributed by atoms with Gasteiger partial charge in [0, 0.05) is 0 Å². The van der Waals surface area contributed by atoms with Crippen LogP contribution in [0.2, 0.25) is 0 Å². The monoisotopic (exact) mass is 320 g/mol. The van der Waals surface area contributed by atoms with Crippen LogP contribution in [0.3, 0.4) is 0 Å². The Morgan fingerprint density at radius 2 is 1.96 bits per heavy atom. The van der Waals surface area contributed by atoms with E-state index in [-0.39, 0.29) is 6.54 Å². The quantitative estimate of drug-likeness (QED) is 0.858. The van der Waals surface area contributed by atoms with Gasteiger partial charge < -0.3 is 14.5 Å². The Bertz CT molecular complexity index is 782. The van der Waals surface area contributed by atoms with E-state index in [9.17, 15) is 14.4 Å². The van der Waals surface area contributed by atoms with E-state index in [4.69, 9.17) is 9.15 Å². The molecule has 0 fully saturated rings. The number of fused-ring (bicyclic) bond motifs is 1. The molecule has 23 heavy (non-hydrogen) atoms. The van der Waals surface area contributed by atoms with Gasteiger partial charge in [-0.3, -0.25) is 9.36 Å². The molecule has 1 aromatic heterocycles. The van der Waals surface area contributed by atoms with E-state index < -0.39 is 29.1 Å². The van der Waals surface area contributed by atoms with Crippen LogP contribution in [0.4, 0.5) is 0 Å². The standard InChI is InChI=1S/C16H20N2O5/c1-16(2,3)13(14(20)22-4)17-12(19)9-18-10-7-5-6-8-11(10)23-15(18)21/h5-8,13H,9H2,1-4H3,(H,17,19)/t13-/m1/s1. The molecule has 2 rings (SSSR count). The molecule has 0 radical (unpaired) electrons. The van der Waals surface area contributed by atoms with Gasteiger partial charge in [0.25, 0.3) is 0 Å². The number of carbonyl (C=O) groups is 2. The first-order chi connectivity index (χ1) is 10.7. The normalized spacial score (nSPS) is 12.9. The minimum absolute atomic E-state index is 0.237. The maximum absolute atomic E-state index is 12.3. The number of hydrogen-bond acceptors (Lipinski definition) is 5. The second-order valence-corrected chi connectivity index (χ2v) is 6.31. The van der Waals surface area contributed by atoms with E-state index in [0.717, 1.165) is 0 Å². The Balaban J connectivity index is 2.22. The number of methoxy groups -OCH3 is 1. The largest absolute Gasteiger partial charge is 0.467 e. The van der Waals surface area contributed by atoms with Gasteiger partial charge >= 0.3 is 11.7 Å². The van der Waals surface area contributed by atoms with Gasteiger partial charge in [0.05, 0.1) is 12.6 Å². The zero-order valence-corrected chi connectivity index (χ0v) is 13.6. The summed E-state index contributed by atoms with van der Waals surface area (Å²) in [6.45, 7) is 5.20. The molecular weight excluding hydrogens is 300 g/mol. The maximum Gasteiger partial charge on any atom is 0.420 e. The number of amides is 1. The van der Waals surface area contributed by atoms with Gasteiger partial charge in [0.1, 0.15) is 12.6 Å². The van der Waals surface area contributed by atoms with Crippen LogP contribution in [0.5, 0.6) is 0 Å². The molecule has 1 N–H and O–H groups in total. The number of rotatable bonds is 4. The van der Waals surface area contributed by atoms with Crippen LogP contribution in [0.15, 0.2) is 33.5 Å². The van der Waals surface area contributed by atoms with Crippen LogP contribution in [0.25, 0.3) is 11.1 Å². The lowest BCUT2D eigenvalue weighted by Crippen LogP contribution is -2.50. The van der Waals surface area contributed by atoms with E-state index in [1.165, 1.54) is 11.7 Å². The number of ether oxygens (including phenoxy) is 1. The lowest BCUT2D eigenvalue weighted by Gasteiger charge is -2.29. The molecule has 0 saturated heterocycles. The van der Waals surface area contributed by atoms with Crippen molar-refractivity contribution in [2.45, 2.75) is 33.4 Å². The van der Waals surface area contributed by atoms with Crippen molar-refractivity contribution in [1.82, 2.24) is 9.88 Å². The molecule has 0 spiro atoms. The first-order valence-electron chi connectivity index (χ1n) is 7.19. The molecule has 0 saturated carbocycles. The summed E-state index contributed by atoms with van der Waals surface area (Å²) in [4.78, 5) is 36.0. The van der Waals surface area contributed by atoms with Crippen LogP contribution in [-0.4, -0.2) is 29.6 Å². The van der Waals surface area contributed by atoms with Crippen molar-refractivity contribution in [2.75, 3.05) is 7.11 Å². The summed E-state index contributed by atoms with van der Waals surface area (Å²) < 4.78 is 11.0. The Kier molecular flexibility index (Phi) is 4.58. The Hall–Kier alpha value is -2.57. The lowest BCUT2D eigenvalue weighted by molar-refractivity contribution is -0.148. The first kappa shape index (κ1) is 16.8. The van der Waals surface area contributed by atoms with Gasteiger partial charge in [0.2, 0.25) is 5.91 Å². The van der Waals surface area contributed by atoms with Crippen LogP contribution in [0, 0.1) is 5.41 Å². The fraction of sp³-hybridized carbons (Fsp3) is 0.438. The zero-order valence-electron chi connectivity index (χ0n) is 13.6. The van der Waals surface area contributed by atoms with E-state index in [0.29, 0.717) is 11.1 Å². The molecule has 0 aliphatic heterocycles. The number of esters is 1. The number of carbonyl (C=O) groups excluding carboxylic acids is 2. The molecule has 1 amide bonds. The van der Waals surface area contributed by atoms with Crippen molar-refractivity contribution in [3.8, 4) is 0 Å². The molecule has 7 heteroatoms. The summed E-state index contributed by atoms with van der Waals surface area (Å²) in [5.41, 5.74) is 0.412. The molecule has 2 aromatic rings. The fourth-order valence-corrected chi connectivity index (χ4v) is 2.26. The highest BCUT2D eigenvalue weighted by atomic mass is 16.5. The van der Waals surface area contributed by atoms with Crippen LogP contribution >= 0.6 is 0 Å². The minimum Gasteiger partial charge on any atom is -0.467 e. The summed E-state index contributed by atoms with van der Waals surface area (Å²) in [5.74, 6) is -1.62. The van der Waals surface area contributed by atoms with Gasteiger partial charge in [-0.25, -0.2) is 9.59 Å². The first-order valence-corrected chi connectivity index (χ1v) is 7.19. The topological polar surface area (TPSA) is 90.5 Å². The van der Waals surface area contributed by atoms with E-state index >= 15 is 0 Å². The average Bonchev–Trinajstić information content (AvgIpc) is 2.79. The number of hydrogen-bond donors (Lipinski definition) is 1. The summed E-state index contributed by atoms with van der Waals surface area (Å²) in [6, 6.07) is 6.02. The lowest BCUT2D eigenvalue weighted by atomic mass is 9.86. The molecule has 1 heterocycles. The highest BCUT2D eigenvalue weighted by Crippen LogP contribution is 2.20. The van der Waals surface area contributed by atoms with Gasteiger partial charge in [0.15, 0.2) is 5.58 Å². The number of oxazole rings is 1. The highest BCUT2D eigenvalue weighted by molar-refractivity contribution is 5.85. The number of nitrogens with one attached hydrogen (secondary N) is 1. The molecule has 1 atom stereocenters. The second-order valence-electron chi connectivity index (χ2n) is 6.31. The molecule has 7 nitrogen and oxygen atoms in total. The Morgan fingerprint density at radius 3 is 2.57 bits per heavy atom. The molecule has 0 unspecified atom stereocenters. The summed E-state index contributed by atoms with van der Waals surface area (Å²) in [5, 5.41) is 2.62. The molecular formula is C16H20N2O5. The summed E-state index contributed by atoms with van der Waals surface area (Å²) >= 11 is 0. The van der Waals surface area contributed by atoms with Crippen molar-refractivity contribution in [1.29, 1.82) is 0 Å². The van der Waals surface area contributed by atoms with E-state index in [2.05, 4.69) is 5.32 Å². The van der Waals surface area contributed by atoms with Gasteiger partial charge in [-0.2, -0.15) is 0 Å². The van der Waals surface area contributed by atoms with Gasteiger partial charge in [-0.05, 0) is 17.5 Å². The SMILES string of the molecule is COC(=O)[C@@H](NC(=O)Cn1c(=O)oc2ccccc21)C(C)(C)C. The Labute approximate surface area is 133 Å². The molecule has 0 aliphatic rings. The van der Waals surface area contributed by atoms with Crippen molar-refractivity contribution in [3.63, 3.8) is 0 Å². The van der Waals surface area contributed by atoms with Crippen molar-refractivity contribution < 1.29 is 18.7 Å². The Morgan fingerprint density at radius 1 is 1.30 bits per heavy atom. The molecule has 1 aromatic carbocycles. The molecule has 124 valence electrons. The maximum atomic E-state index is 12.3. The minimum atomic E-state index is -0.811. The third kappa shape index (κ3) is 3.61. The van der Waals surface area contributed by atoms with E-state index in [1.807, 2.05) is 20.8 Å². The third-order valence-corrected chi connectivity index (χ3v) is 3.48. The molecule has 0 bridgehead atoms. The van der Waals surface area contributed by atoms with Crippen molar-refractivity contribution in [3.05, 3.63) is 34.8 Å². The van der Waals surface area contributed by atoms with Gasteiger partial charge in [-0.15, -0.1) is 0 Å². The van der Waals surface area contributed by atoms with Gasteiger partial charge in [-0.1, -0.05) is 32.9 Å². The van der Waals surface area contributed by atoms with Crippen molar-refractivity contribution >= 4 is 23.0 Å². The number of aromatic nitrogens is 1. The number of para-hydroxylation sites is 2. The second kappa shape index (κ2) is 6.28. The summed E-state index contributed by atoms with van der Waals surface area (Å²) in [7, 11) is 1.27. The fourth-order valence-electron chi connectivity index (χ4n) is 2.26. The zero-order chi connectivity index (χ0) is 17.2. The number of benzene rings is 1. The average molecular weight is 320 g/mol. The van der Waals surface area contributed by atoms with E-state index in [1.54, 1.807) is 24.3 Å². The van der Waals surface area contributed by atoms with Crippen LogP contribution in [-0.2, 0) is 20.9 Å². The number of nitrogens with zero attached hydrogens (tertiary/aromatic N) is 1. The predicted octanol–water partition coefficient (Wildman–Crippen LogP) is 1.30. The predicted molar refractivity (Wildman–Crippen MR) is 83.9 cm³/mol. The summed E-state index contributed by atoms with van der Waals surface area (Å²) in [6.07, 6.45) is 0. The highest BCUT2D eigenvalue weighted by Gasteiger charge is 2.33. The van der Waals surface area contributed by atoms with Crippen molar-refractivity contribution in [2.24, 2.45) is 5.41 Å². The van der Waals surface area contributed by atoms with Crippen LogP contribution < -0.4 is 11.1 Å². The third-order valence-electron chi connectivity index (χ3n) is 3.48. The smallest absolute Gasteiger partial charge is 0.420 e. The molecule has 0 aliphatic carbocycles.